The molecule has 5 heteroatoms. The van der Waals surface area contributed by atoms with E-state index in [0.29, 0.717) is 12.4 Å². The number of benzene rings is 1. The second-order valence-electron chi connectivity index (χ2n) is 4.77. The van der Waals surface area contributed by atoms with Gasteiger partial charge in [-0.1, -0.05) is 12.1 Å². The third kappa shape index (κ3) is 2.53. The molecular weight excluding hydrogens is 252 g/mol. The molecule has 0 radical (unpaired) electrons. The maximum atomic E-state index is 5.73. The van der Waals surface area contributed by atoms with Crippen molar-refractivity contribution in [1.29, 1.82) is 0 Å². The van der Waals surface area contributed by atoms with Crippen molar-refractivity contribution >= 4 is 11.1 Å². The van der Waals surface area contributed by atoms with Crippen LogP contribution in [0.2, 0.25) is 0 Å². The van der Waals surface area contributed by atoms with Crippen molar-refractivity contribution in [3.05, 3.63) is 54.4 Å². The van der Waals surface area contributed by atoms with Crippen molar-refractivity contribution in [2.75, 3.05) is 7.05 Å². The van der Waals surface area contributed by atoms with Crippen LogP contribution in [0.25, 0.3) is 11.1 Å². The monoisotopic (exact) mass is 268 g/mol. The first-order valence-electron chi connectivity index (χ1n) is 6.55. The fourth-order valence-electron chi connectivity index (χ4n) is 2.06. The average molecular weight is 268 g/mol. The topological polar surface area (TPSA) is 55.1 Å². The lowest BCUT2D eigenvalue weighted by Gasteiger charge is -2.21. The van der Waals surface area contributed by atoms with Crippen LogP contribution < -0.4 is 0 Å². The average Bonchev–Trinajstić information content (AvgIpc) is 2.89. The molecule has 0 saturated heterocycles. The lowest BCUT2D eigenvalue weighted by molar-refractivity contribution is 0.222. The van der Waals surface area contributed by atoms with E-state index in [2.05, 4.69) is 26.8 Å². The first-order valence-corrected chi connectivity index (χ1v) is 6.55. The maximum Gasteiger partial charge on any atom is 0.209 e. The highest BCUT2D eigenvalue weighted by molar-refractivity contribution is 5.72. The number of fused-ring (bicyclic) bond motifs is 1. The standard InChI is InChI=1S/C15H16N4O/c1-11(15-16-8-5-9-17-15)19(2)10-14-18-12-6-3-4-7-13(12)20-14/h3-9,11H,10H2,1-2H3. The Morgan fingerprint density at radius 2 is 1.90 bits per heavy atom. The van der Waals surface area contributed by atoms with Crippen molar-refractivity contribution in [3.8, 4) is 0 Å². The minimum atomic E-state index is 0.103. The largest absolute Gasteiger partial charge is 0.439 e. The Balaban J connectivity index is 1.76. The number of nitrogens with zero attached hydrogens (tertiary/aromatic N) is 4. The molecule has 102 valence electrons. The van der Waals surface area contributed by atoms with E-state index in [1.165, 1.54) is 0 Å². The lowest BCUT2D eigenvalue weighted by Crippen LogP contribution is -2.23. The minimum Gasteiger partial charge on any atom is -0.439 e. The van der Waals surface area contributed by atoms with Crippen molar-refractivity contribution in [1.82, 2.24) is 19.9 Å². The molecule has 1 atom stereocenters. The van der Waals surface area contributed by atoms with Crippen LogP contribution in [0.15, 0.2) is 47.1 Å². The van der Waals surface area contributed by atoms with E-state index in [9.17, 15) is 0 Å². The summed E-state index contributed by atoms with van der Waals surface area (Å²) in [7, 11) is 2.01. The summed E-state index contributed by atoms with van der Waals surface area (Å²) in [5.74, 6) is 1.50. The first kappa shape index (κ1) is 12.7. The Bertz CT molecular complexity index is 662. The molecule has 2 aromatic heterocycles. The van der Waals surface area contributed by atoms with Crippen LogP contribution in [-0.2, 0) is 6.54 Å². The van der Waals surface area contributed by atoms with Crippen LogP contribution in [0.5, 0.6) is 0 Å². The predicted molar refractivity (Wildman–Crippen MR) is 75.9 cm³/mol. The molecule has 1 unspecified atom stereocenters. The van der Waals surface area contributed by atoms with Gasteiger partial charge in [0.15, 0.2) is 5.58 Å². The molecule has 0 saturated carbocycles. The highest BCUT2D eigenvalue weighted by atomic mass is 16.3. The van der Waals surface area contributed by atoms with Gasteiger partial charge in [-0.05, 0) is 32.2 Å². The maximum absolute atomic E-state index is 5.73. The van der Waals surface area contributed by atoms with Gasteiger partial charge < -0.3 is 4.42 Å². The number of hydrogen-bond acceptors (Lipinski definition) is 5. The van der Waals surface area contributed by atoms with Crippen molar-refractivity contribution < 1.29 is 4.42 Å². The third-order valence-corrected chi connectivity index (χ3v) is 3.34. The fraction of sp³-hybridized carbons (Fsp3) is 0.267. The van der Waals surface area contributed by atoms with Gasteiger partial charge in [-0.2, -0.15) is 0 Å². The molecule has 0 aliphatic rings. The van der Waals surface area contributed by atoms with E-state index in [0.717, 1.165) is 16.9 Å². The molecule has 0 aliphatic heterocycles. The van der Waals surface area contributed by atoms with E-state index in [-0.39, 0.29) is 6.04 Å². The summed E-state index contributed by atoms with van der Waals surface area (Å²) in [6, 6.07) is 9.70. The summed E-state index contributed by atoms with van der Waals surface area (Å²) in [6.45, 7) is 2.69. The molecule has 5 nitrogen and oxygen atoms in total. The minimum absolute atomic E-state index is 0.103. The molecule has 0 bridgehead atoms. The van der Waals surface area contributed by atoms with Gasteiger partial charge in [0, 0.05) is 12.4 Å². The SMILES string of the molecule is CC(c1ncccn1)N(C)Cc1nc2ccccc2o1. The van der Waals surface area contributed by atoms with Crippen LogP contribution in [0.4, 0.5) is 0 Å². The van der Waals surface area contributed by atoms with E-state index < -0.39 is 0 Å². The van der Waals surface area contributed by atoms with Gasteiger partial charge >= 0.3 is 0 Å². The number of hydrogen-bond donors (Lipinski definition) is 0. The number of para-hydroxylation sites is 2. The molecule has 3 rings (SSSR count). The van der Waals surface area contributed by atoms with Crippen LogP contribution >= 0.6 is 0 Å². The van der Waals surface area contributed by atoms with Crippen molar-refractivity contribution in [2.24, 2.45) is 0 Å². The normalized spacial score (nSPS) is 12.9. The Labute approximate surface area is 117 Å². The number of aromatic nitrogens is 3. The fourth-order valence-corrected chi connectivity index (χ4v) is 2.06. The van der Waals surface area contributed by atoms with Crippen LogP contribution in [0.3, 0.4) is 0 Å². The molecular formula is C15H16N4O. The predicted octanol–water partition coefficient (Wildman–Crippen LogP) is 2.81. The molecule has 0 N–H and O–H groups in total. The Morgan fingerprint density at radius 3 is 2.65 bits per heavy atom. The molecule has 0 spiro atoms. The quantitative estimate of drug-likeness (QED) is 0.728. The van der Waals surface area contributed by atoms with E-state index >= 15 is 0 Å². The van der Waals surface area contributed by atoms with Gasteiger partial charge in [0.1, 0.15) is 11.3 Å². The van der Waals surface area contributed by atoms with E-state index in [1.807, 2.05) is 37.4 Å². The number of oxazole rings is 1. The summed E-state index contributed by atoms with van der Waals surface area (Å²) in [5, 5.41) is 0. The number of rotatable bonds is 4. The smallest absolute Gasteiger partial charge is 0.209 e. The summed E-state index contributed by atoms with van der Waals surface area (Å²) in [4.78, 5) is 15.2. The van der Waals surface area contributed by atoms with Gasteiger partial charge in [0.05, 0.1) is 12.6 Å². The van der Waals surface area contributed by atoms with Gasteiger partial charge in [-0.15, -0.1) is 0 Å². The van der Waals surface area contributed by atoms with Crippen molar-refractivity contribution in [3.63, 3.8) is 0 Å². The van der Waals surface area contributed by atoms with Gasteiger partial charge in [0.25, 0.3) is 0 Å². The van der Waals surface area contributed by atoms with Gasteiger partial charge in [-0.3, -0.25) is 4.90 Å². The second-order valence-corrected chi connectivity index (χ2v) is 4.77. The Hall–Kier alpha value is -2.27. The zero-order valence-corrected chi connectivity index (χ0v) is 11.5. The molecule has 0 fully saturated rings. The summed E-state index contributed by atoms with van der Waals surface area (Å²) < 4.78 is 5.73. The molecule has 0 aliphatic carbocycles. The zero-order valence-electron chi connectivity index (χ0n) is 11.5. The summed E-state index contributed by atoms with van der Waals surface area (Å²) in [6.07, 6.45) is 3.51. The molecule has 1 aromatic carbocycles. The second kappa shape index (κ2) is 5.38. The highest BCUT2D eigenvalue weighted by Crippen LogP contribution is 2.19. The lowest BCUT2D eigenvalue weighted by atomic mass is 10.2. The summed E-state index contributed by atoms with van der Waals surface area (Å²) >= 11 is 0. The van der Waals surface area contributed by atoms with Crippen LogP contribution in [0.1, 0.15) is 24.7 Å². The molecule has 20 heavy (non-hydrogen) atoms. The molecule has 3 aromatic rings. The van der Waals surface area contributed by atoms with Crippen LogP contribution in [0, 0.1) is 0 Å². The molecule has 0 amide bonds. The van der Waals surface area contributed by atoms with E-state index in [4.69, 9.17) is 4.42 Å². The summed E-state index contributed by atoms with van der Waals surface area (Å²) in [5.41, 5.74) is 1.71. The van der Waals surface area contributed by atoms with E-state index in [1.54, 1.807) is 12.4 Å². The third-order valence-electron chi connectivity index (χ3n) is 3.34. The Kier molecular flexibility index (Phi) is 3.43. The van der Waals surface area contributed by atoms with Gasteiger partial charge in [-0.25, -0.2) is 15.0 Å². The van der Waals surface area contributed by atoms with Gasteiger partial charge in [0.2, 0.25) is 5.89 Å². The van der Waals surface area contributed by atoms with Crippen LogP contribution in [-0.4, -0.2) is 26.9 Å². The Morgan fingerprint density at radius 1 is 1.15 bits per heavy atom. The van der Waals surface area contributed by atoms with Crippen molar-refractivity contribution in [2.45, 2.75) is 19.5 Å². The zero-order chi connectivity index (χ0) is 13.9. The molecule has 2 heterocycles. The first-order chi connectivity index (χ1) is 9.74. The highest BCUT2D eigenvalue weighted by Gasteiger charge is 2.16.